The van der Waals surface area contributed by atoms with Crippen molar-refractivity contribution in [1.29, 1.82) is 0 Å². The molecule has 0 radical (unpaired) electrons. The molecule has 0 aromatic rings. The number of hydrogen-bond acceptors (Lipinski definition) is 3. The van der Waals surface area contributed by atoms with Crippen LogP contribution in [-0.4, -0.2) is 53.8 Å². The first kappa shape index (κ1) is 18.2. The van der Waals surface area contributed by atoms with E-state index in [0.717, 1.165) is 32.2 Å². The number of likely N-dealkylation sites (N-methyl/N-ethyl adjacent to an activating group) is 1. The average Bonchev–Trinajstić information content (AvgIpc) is 3.06. The van der Waals surface area contributed by atoms with Crippen molar-refractivity contribution in [3.63, 3.8) is 0 Å². The molecule has 2 fully saturated rings. The van der Waals surface area contributed by atoms with Gasteiger partial charge in [0.2, 0.25) is 11.8 Å². The van der Waals surface area contributed by atoms with Gasteiger partial charge in [0.1, 0.15) is 6.04 Å². The van der Waals surface area contributed by atoms with Crippen LogP contribution in [0.3, 0.4) is 0 Å². The van der Waals surface area contributed by atoms with Gasteiger partial charge in [-0.3, -0.25) is 9.59 Å². The number of nitrogens with zero attached hydrogens (tertiary/aromatic N) is 2. The van der Waals surface area contributed by atoms with E-state index >= 15 is 0 Å². The fraction of sp³-hybridized carbons (Fsp3) is 0.889. The summed E-state index contributed by atoms with van der Waals surface area (Å²) < 4.78 is 0. The second-order valence-corrected chi connectivity index (χ2v) is 7.20. The van der Waals surface area contributed by atoms with Crippen molar-refractivity contribution in [2.75, 3.05) is 26.2 Å². The van der Waals surface area contributed by atoms with Gasteiger partial charge < -0.3 is 15.5 Å². The Morgan fingerprint density at radius 1 is 1.13 bits per heavy atom. The summed E-state index contributed by atoms with van der Waals surface area (Å²) >= 11 is 0. The molecule has 132 valence electrons. The molecule has 5 heteroatoms. The van der Waals surface area contributed by atoms with Crippen LogP contribution in [0.25, 0.3) is 0 Å². The fourth-order valence-electron chi connectivity index (χ4n) is 4.25. The summed E-state index contributed by atoms with van der Waals surface area (Å²) in [6.45, 7) is 6.71. The molecular formula is C18H33N3O2. The van der Waals surface area contributed by atoms with Gasteiger partial charge in [0, 0.05) is 26.1 Å². The molecule has 1 saturated heterocycles. The van der Waals surface area contributed by atoms with Crippen molar-refractivity contribution in [3.05, 3.63) is 0 Å². The van der Waals surface area contributed by atoms with Gasteiger partial charge in [0.25, 0.3) is 0 Å². The first-order valence-electron chi connectivity index (χ1n) is 9.35. The monoisotopic (exact) mass is 323 g/mol. The maximum Gasteiger partial charge on any atom is 0.245 e. The summed E-state index contributed by atoms with van der Waals surface area (Å²) in [6, 6.07) is -0.249. The first-order chi connectivity index (χ1) is 11.1. The van der Waals surface area contributed by atoms with Gasteiger partial charge in [-0.15, -0.1) is 0 Å². The van der Waals surface area contributed by atoms with E-state index in [1.165, 1.54) is 19.3 Å². The Morgan fingerprint density at radius 2 is 1.78 bits per heavy atom. The van der Waals surface area contributed by atoms with Crippen molar-refractivity contribution < 1.29 is 9.59 Å². The standard InChI is InChI=1S/C18H33N3O2/c1-3-20(4-2)17(23)15-9-8-12-21(15)16(22)13-18(14-19)10-6-5-7-11-18/h15H,3-14,19H2,1-2H3. The number of amides is 2. The highest BCUT2D eigenvalue weighted by Gasteiger charge is 2.40. The van der Waals surface area contributed by atoms with Crippen LogP contribution in [0, 0.1) is 5.41 Å². The van der Waals surface area contributed by atoms with E-state index in [0.29, 0.717) is 26.1 Å². The Bertz CT molecular complexity index is 414. The number of rotatable bonds is 6. The van der Waals surface area contributed by atoms with Crippen molar-refractivity contribution in [2.24, 2.45) is 11.1 Å². The minimum atomic E-state index is -0.249. The Kier molecular flexibility index (Phi) is 6.45. The van der Waals surface area contributed by atoms with Crippen LogP contribution in [-0.2, 0) is 9.59 Å². The van der Waals surface area contributed by atoms with Crippen molar-refractivity contribution in [3.8, 4) is 0 Å². The van der Waals surface area contributed by atoms with Crippen LogP contribution in [0.2, 0.25) is 0 Å². The van der Waals surface area contributed by atoms with Crippen LogP contribution in [0.1, 0.15) is 65.2 Å². The molecule has 0 bridgehead atoms. The predicted octanol–water partition coefficient (Wildman–Crippen LogP) is 2.15. The van der Waals surface area contributed by atoms with Gasteiger partial charge in [-0.05, 0) is 51.5 Å². The van der Waals surface area contributed by atoms with Gasteiger partial charge >= 0.3 is 0 Å². The number of hydrogen-bond donors (Lipinski definition) is 1. The molecule has 2 N–H and O–H groups in total. The number of nitrogens with two attached hydrogens (primary N) is 1. The Morgan fingerprint density at radius 3 is 2.35 bits per heavy atom. The predicted molar refractivity (Wildman–Crippen MR) is 91.9 cm³/mol. The van der Waals surface area contributed by atoms with E-state index in [1.807, 2.05) is 23.6 Å². The van der Waals surface area contributed by atoms with E-state index < -0.39 is 0 Å². The molecule has 1 unspecified atom stereocenters. The van der Waals surface area contributed by atoms with E-state index in [2.05, 4.69) is 0 Å². The fourth-order valence-corrected chi connectivity index (χ4v) is 4.25. The van der Waals surface area contributed by atoms with Gasteiger partial charge in [-0.2, -0.15) is 0 Å². The molecule has 1 atom stereocenters. The molecule has 2 amide bonds. The van der Waals surface area contributed by atoms with Crippen LogP contribution in [0.4, 0.5) is 0 Å². The van der Waals surface area contributed by atoms with Crippen LogP contribution in [0.5, 0.6) is 0 Å². The normalized spacial score (nSPS) is 23.8. The van der Waals surface area contributed by atoms with Crippen LogP contribution < -0.4 is 5.73 Å². The Labute approximate surface area is 140 Å². The molecule has 23 heavy (non-hydrogen) atoms. The second-order valence-electron chi connectivity index (χ2n) is 7.20. The average molecular weight is 323 g/mol. The molecule has 5 nitrogen and oxygen atoms in total. The van der Waals surface area contributed by atoms with E-state index in [9.17, 15) is 9.59 Å². The maximum absolute atomic E-state index is 12.9. The summed E-state index contributed by atoms with van der Waals surface area (Å²) in [7, 11) is 0. The van der Waals surface area contributed by atoms with Gasteiger partial charge in [-0.25, -0.2) is 0 Å². The molecule has 0 spiro atoms. The van der Waals surface area contributed by atoms with Crippen molar-refractivity contribution in [1.82, 2.24) is 9.80 Å². The zero-order valence-corrected chi connectivity index (χ0v) is 14.9. The first-order valence-corrected chi connectivity index (χ1v) is 9.35. The largest absolute Gasteiger partial charge is 0.341 e. The summed E-state index contributed by atoms with van der Waals surface area (Å²) in [5.74, 6) is 0.256. The topological polar surface area (TPSA) is 66.6 Å². The number of carbonyl (C=O) groups is 2. The van der Waals surface area contributed by atoms with Crippen molar-refractivity contribution in [2.45, 2.75) is 71.3 Å². The lowest BCUT2D eigenvalue weighted by atomic mass is 9.71. The SMILES string of the molecule is CCN(CC)C(=O)C1CCCN1C(=O)CC1(CN)CCCCC1. The highest BCUT2D eigenvalue weighted by atomic mass is 16.2. The summed E-state index contributed by atoms with van der Waals surface area (Å²) in [5.41, 5.74) is 6.00. The maximum atomic E-state index is 12.9. The highest BCUT2D eigenvalue weighted by Crippen LogP contribution is 2.39. The number of carbonyl (C=O) groups excluding carboxylic acids is 2. The smallest absolute Gasteiger partial charge is 0.245 e. The van der Waals surface area contributed by atoms with E-state index in [4.69, 9.17) is 5.73 Å². The molecule has 1 heterocycles. The third kappa shape index (κ3) is 4.06. The van der Waals surface area contributed by atoms with Crippen LogP contribution in [0.15, 0.2) is 0 Å². The van der Waals surface area contributed by atoms with Gasteiger partial charge in [0.05, 0.1) is 0 Å². The minimum Gasteiger partial charge on any atom is -0.341 e. The Hall–Kier alpha value is -1.10. The summed E-state index contributed by atoms with van der Waals surface area (Å²) in [4.78, 5) is 29.2. The molecule has 0 aromatic heterocycles. The van der Waals surface area contributed by atoms with E-state index in [1.54, 1.807) is 0 Å². The summed E-state index contributed by atoms with van der Waals surface area (Å²) in [5, 5.41) is 0. The molecule has 1 aliphatic heterocycles. The van der Waals surface area contributed by atoms with Gasteiger partial charge in [-0.1, -0.05) is 19.3 Å². The lowest BCUT2D eigenvalue weighted by Gasteiger charge is -2.38. The Balaban J connectivity index is 2.03. The molecular weight excluding hydrogens is 290 g/mol. The molecule has 1 saturated carbocycles. The zero-order valence-electron chi connectivity index (χ0n) is 14.9. The quantitative estimate of drug-likeness (QED) is 0.814. The minimum absolute atomic E-state index is 0.0271. The zero-order chi connectivity index (χ0) is 16.9. The molecule has 1 aliphatic carbocycles. The van der Waals surface area contributed by atoms with Crippen molar-refractivity contribution >= 4 is 11.8 Å². The molecule has 2 aliphatic rings. The second kappa shape index (κ2) is 8.13. The number of likely N-dealkylation sites (tertiary alicyclic amines) is 1. The summed E-state index contributed by atoms with van der Waals surface area (Å²) in [6.07, 6.45) is 7.96. The van der Waals surface area contributed by atoms with E-state index in [-0.39, 0.29) is 23.3 Å². The lowest BCUT2D eigenvalue weighted by Crippen LogP contribution is -2.49. The third-order valence-corrected chi connectivity index (χ3v) is 5.81. The highest BCUT2D eigenvalue weighted by molar-refractivity contribution is 5.88. The van der Waals surface area contributed by atoms with Crippen LogP contribution >= 0.6 is 0 Å². The third-order valence-electron chi connectivity index (χ3n) is 5.81. The molecule has 2 rings (SSSR count). The molecule has 0 aromatic carbocycles. The van der Waals surface area contributed by atoms with Gasteiger partial charge in [0.15, 0.2) is 0 Å². The lowest BCUT2D eigenvalue weighted by molar-refractivity contribution is -0.145.